The second kappa shape index (κ2) is 6.68. The van der Waals surface area contributed by atoms with Crippen LogP contribution in [-0.4, -0.2) is 42.2 Å². The van der Waals surface area contributed by atoms with E-state index in [2.05, 4.69) is 18.0 Å². The van der Waals surface area contributed by atoms with E-state index < -0.39 is 6.10 Å². The lowest BCUT2D eigenvalue weighted by molar-refractivity contribution is -0.159. The van der Waals surface area contributed by atoms with E-state index >= 15 is 0 Å². The van der Waals surface area contributed by atoms with Crippen molar-refractivity contribution in [3.05, 3.63) is 42.5 Å². The maximum Gasteiger partial charge on any atom is 0.347 e. The maximum absolute atomic E-state index is 12.4. The second-order valence-corrected chi connectivity index (χ2v) is 7.35. The molecule has 2 heterocycles. The zero-order chi connectivity index (χ0) is 17.4. The molecule has 0 saturated carbocycles. The monoisotopic (exact) mass is 339 g/mol. The van der Waals surface area contributed by atoms with Gasteiger partial charge in [0.1, 0.15) is 11.9 Å². The molecule has 0 spiro atoms. The molecule has 4 atom stereocenters. The fourth-order valence-electron chi connectivity index (χ4n) is 4.21. The van der Waals surface area contributed by atoms with Crippen molar-refractivity contribution >= 4 is 16.7 Å². The van der Waals surface area contributed by atoms with Crippen molar-refractivity contribution in [2.45, 2.75) is 56.9 Å². The number of fused-ring (bicyclic) bond motifs is 3. The Labute approximate surface area is 148 Å². The molecule has 2 aliphatic rings. The standard InChI is InChI=1S/C21H25NO3/c1-14(24-19-10-7-15-5-3-4-6-16(15)11-19)21(23)25-20-12-17-8-9-18(13-20)22(17)2/h3-7,10-11,14,17-18,20H,8-9,12-13H2,1-2H3/t14?,17-,18+,20?. The third kappa shape index (κ3) is 3.36. The van der Waals surface area contributed by atoms with E-state index in [9.17, 15) is 4.79 Å². The first kappa shape index (κ1) is 16.4. The van der Waals surface area contributed by atoms with Crippen LogP contribution in [0, 0.1) is 0 Å². The van der Waals surface area contributed by atoms with Gasteiger partial charge in [0, 0.05) is 12.1 Å². The number of hydrogen-bond donors (Lipinski definition) is 0. The van der Waals surface area contributed by atoms with Crippen LogP contribution in [0.5, 0.6) is 5.75 Å². The molecule has 4 nitrogen and oxygen atoms in total. The Bertz CT molecular complexity index is 761. The molecule has 0 radical (unpaired) electrons. The smallest absolute Gasteiger partial charge is 0.347 e. The first-order chi connectivity index (χ1) is 12.1. The van der Waals surface area contributed by atoms with Crippen molar-refractivity contribution in [1.82, 2.24) is 4.90 Å². The topological polar surface area (TPSA) is 38.8 Å². The van der Waals surface area contributed by atoms with Crippen LogP contribution in [0.15, 0.2) is 42.5 Å². The summed E-state index contributed by atoms with van der Waals surface area (Å²) in [5, 5.41) is 2.26. The van der Waals surface area contributed by atoms with Crippen molar-refractivity contribution in [2.24, 2.45) is 0 Å². The van der Waals surface area contributed by atoms with Gasteiger partial charge < -0.3 is 14.4 Å². The lowest BCUT2D eigenvalue weighted by atomic mass is 10.0. The number of carbonyl (C=O) groups excluding carboxylic acids is 1. The van der Waals surface area contributed by atoms with Gasteiger partial charge in [0.15, 0.2) is 6.10 Å². The molecule has 0 amide bonds. The van der Waals surface area contributed by atoms with Gasteiger partial charge in [-0.3, -0.25) is 0 Å². The van der Waals surface area contributed by atoms with Crippen LogP contribution < -0.4 is 4.74 Å². The quantitative estimate of drug-likeness (QED) is 0.795. The van der Waals surface area contributed by atoms with Crippen LogP contribution in [0.1, 0.15) is 32.6 Å². The number of nitrogens with zero attached hydrogens (tertiary/aromatic N) is 1. The minimum Gasteiger partial charge on any atom is -0.479 e. The van der Waals surface area contributed by atoms with Gasteiger partial charge in [-0.2, -0.15) is 0 Å². The van der Waals surface area contributed by atoms with Crippen LogP contribution in [0.25, 0.3) is 10.8 Å². The molecule has 0 aromatic heterocycles. The molecule has 2 aliphatic heterocycles. The highest BCUT2D eigenvalue weighted by molar-refractivity contribution is 5.84. The molecule has 2 fully saturated rings. The second-order valence-electron chi connectivity index (χ2n) is 7.35. The minimum atomic E-state index is -0.599. The van der Waals surface area contributed by atoms with Crippen molar-refractivity contribution in [3.63, 3.8) is 0 Å². The SMILES string of the molecule is CC(Oc1ccc2ccccc2c1)C(=O)OC1C[C@H]2CC[C@@H](C1)N2C. The van der Waals surface area contributed by atoms with Crippen LogP contribution in [-0.2, 0) is 9.53 Å². The Balaban J connectivity index is 1.37. The third-order valence-corrected chi connectivity index (χ3v) is 5.70. The Hall–Kier alpha value is -2.07. The van der Waals surface area contributed by atoms with Gasteiger partial charge in [0.25, 0.3) is 0 Å². The van der Waals surface area contributed by atoms with Gasteiger partial charge in [-0.05, 0) is 62.6 Å². The van der Waals surface area contributed by atoms with Gasteiger partial charge in [-0.25, -0.2) is 4.79 Å². The highest BCUT2D eigenvalue weighted by Crippen LogP contribution is 2.35. The van der Waals surface area contributed by atoms with Crippen molar-refractivity contribution in [2.75, 3.05) is 7.05 Å². The van der Waals surface area contributed by atoms with Gasteiger partial charge >= 0.3 is 5.97 Å². The van der Waals surface area contributed by atoms with E-state index in [-0.39, 0.29) is 12.1 Å². The molecular formula is C21H25NO3. The molecule has 2 saturated heterocycles. The van der Waals surface area contributed by atoms with Gasteiger partial charge in [0.05, 0.1) is 0 Å². The average Bonchev–Trinajstić information content (AvgIpc) is 2.83. The van der Waals surface area contributed by atoms with E-state index in [0.29, 0.717) is 17.8 Å². The van der Waals surface area contributed by atoms with Crippen LogP contribution in [0.4, 0.5) is 0 Å². The van der Waals surface area contributed by atoms with Gasteiger partial charge in [-0.15, -0.1) is 0 Å². The summed E-state index contributed by atoms with van der Waals surface area (Å²) in [6.45, 7) is 1.76. The number of ether oxygens (including phenoxy) is 2. The zero-order valence-corrected chi connectivity index (χ0v) is 14.9. The molecular weight excluding hydrogens is 314 g/mol. The summed E-state index contributed by atoms with van der Waals surface area (Å²) in [6.07, 6.45) is 3.77. The summed E-state index contributed by atoms with van der Waals surface area (Å²) < 4.78 is 11.6. The molecule has 4 rings (SSSR count). The molecule has 4 heteroatoms. The highest BCUT2D eigenvalue weighted by Gasteiger charge is 2.40. The van der Waals surface area contributed by atoms with E-state index in [4.69, 9.17) is 9.47 Å². The fourth-order valence-corrected chi connectivity index (χ4v) is 4.21. The molecule has 132 valence electrons. The summed E-state index contributed by atoms with van der Waals surface area (Å²) in [7, 11) is 2.19. The molecule has 0 N–H and O–H groups in total. The van der Waals surface area contributed by atoms with E-state index in [0.717, 1.165) is 23.6 Å². The van der Waals surface area contributed by atoms with Crippen molar-refractivity contribution in [1.29, 1.82) is 0 Å². The largest absolute Gasteiger partial charge is 0.479 e. The first-order valence-electron chi connectivity index (χ1n) is 9.18. The van der Waals surface area contributed by atoms with Crippen LogP contribution >= 0.6 is 0 Å². The Kier molecular flexibility index (Phi) is 4.38. The number of rotatable bonds is 4. The Morgan fingerprint density at radius 1 is 1.08 bits per heavy atom. The van der Waals surface area contributed by atoms with Crippen LogP contribution in [0.2, 0.25) is 0 Å². The van der Waals surface area contributed by atoms with Gasteiger partial charge in [-0.1, -0.05) is 30.3 Å². The van der Waals surface area contributed by atoms with Gasteiger partial charge in [0.2, 0.25) is 0 Å². The highest BCUT2D eigenvalue weighted by atomic mass is 16.6. The molecule has 25 heavy (non-hydrogen) atoms. The Morgan fingerprint density at radius 2 is 1.76 bits per heavy atom. The predicted molar refractivity (Wildman–Crippen MR) is 97.7 cm³/mol. The number of hydrogen-bond acceptors (Lipinski definition) is 4. The molecule has 2 aromatic carbocycles. The first-order valence-corrected chi connectivity index (χ1v) is 9.18. The molecule has 0 aliphatic carbocycles. The number of esters is 1. The summed E-state index contributed by atoms with van der Waals surface area (Å²) in [5.74, 6) is 0.439. The fraction of sp³-hybridized carbons (Fsp3) is 0.476. The summed E-state index contributed by atoms with van der Waals surface area (Å²) in [6, 6.07) is 15.1. The molecule has 2 unspecified atom stereocenters. The van der Waals surface area contributed by atoms with E-state index in [1.54, 1.807) is 6.92 Å². The minimum absolute atomic E-state index is 0.0313. The normalized spacial score (nSPS) is 27.2. The Morgan fingerprint density at radius 3 is 2.48 bits per heavy atom. The maximum atomic E-state index is 12.4. The molecule has 2 aromatic rings. The van der Waals surface area contributed by atoms with E-state index in [1.165, 1.54) is 12.8 Å². The predicted octanol–water partition coefficient (Wildman–Crippen LogP) is 3.78. The number of benzene rings is 2. The van der Waals surface area contributed by atoms with Crippen LogP contribution in [0.3, 0.4) is 0 Å². The summed E-state index contributed by atoms with van der Waals surface area (Å²) >= 11 is 0. The third-order valence-electron chi connectivity index (χ3n) is 5.70. The summed E-state index contributed by atoms with van der Waals surface area (Å²) in [4.78, 5) is 14.9. The molecule has 2 bridgehead atoms. The van der Waals surface area contributed by atoms with E-state index in [1.807, 2.05) is 36.4 Å². The lowest BCUT2D eigenvalue weighted by Crippen LogP contribution is -2.44. The number of carbonyl (C=O) groups is 1. The lowest BCUT2D eigenvalue weighted by Gasteiger charge is -2.36. The summed E-state index contributed by atoms with van der Waals surface area (Å²) in [5.41, 5.74) is 0. The van der Waals surface area contributed by atoms with Crippen molar-refractivity contribution in [3.8, 4) is 5.75 Å². The number of piperidine rings is 1. The van der Waals surface area contributed by atoms with Crippen molar-refractivity contribution < 1.29 is 14.3 Å². The zero-order valence-electron chi connectivity index (χ0n) is 14.9. The average molecular weight is 339 g/mol.